The molecule has 0 atom stereocenters. The first kappa shape index (κ1) is 14.2. The minimum atomic E-state index is 0.473. The molecular formula is C16H11Cl2N5. The first-order chi connectivity index (χ1) is 11.2. The number of rotatable bonds is 2. The van der Waals surface area contributed by atoms with Gasteiger partial charge in [-0.1, -0.05) is 35.3 Å². The monoisotopic (exact) mass is 343 g/mol. The second-order valence-electron chi connectivity index (χ2n) is 5.01. The first-order valence-corrected chi connectivity index (χ1v) is 7.71. The molecule has 0 fully saturated rings. The third-order valence-electron chi connectivity index (χ3n) is 3.65. The zero-order chi connectivity index (χ0) is 16.0. The first-order valence-electron chi connectivity index (χ1n) is 6.96. The van der Waals surface area contributed by atoms with Gasteiger partial charge in [-0.25, -0.2) is 9.38 Å². The van der Waals surface area contributed by atoms with Crippen molar-refractivity contribution < 1.29 is 0 Å². The second kappa shape index (κ2) is 5.37. The fourth-order valence-corrected chi connectivity index (χ4v) is 2.87. The number of para-hydroxylation sites is 1. The Kier molecular flexibility index (Phi) is 3.32. The van der Waals surface area contributed by atoms with E-state index < -0.39 is 0 Å². The molecule has 0 aliphatic carbocycles. The van der Waals surface area contributed by atoms with Crippen LogP contribution in [0.25, 0.3) is 27.9 Å². The maximum atomic E-state index is 6.13. The zero-order valence-electron chi connectivity index (χ0n) is 12.1. The summed E-state index contributed by atoms with van der Waals surface area (Å²) in [4.78, 5) is 4.63. The van der Waals surface area contributed by atoms with Crippen LogP contribution >= 0.6 is 23.2 Å². The van der Waals surface area contributed by atoms with E-state index in [1.54, 1.807) is 12.1 Å². The van der Waals surface area contributed by atoms with Crippen LogP contribution in [0.15, 0.2) is 42.5 Å². The molecule has 2 aromatic heterocycles. The van der Waals surface area contributed by atoms with Crippen LogP contribution in [0.2, 0.25) is 10.0 Å². The van der Waals surface area contributed by atoms with E-state index in [0.29, 0.717) is 21.8 Å². The smallest absolute Gasteiger partial charge is 0.210 e. The van der Waals surface area contributed by atoms with E-state index in [0.717, 1.165) is 22.1 Å². The normalized spacial score (nSPS) is 11.3. The van der Waals surface area contributed by atoms with E-state index in [9.17, 15) is 0 Å². The van der Waals surface area contributed by atoms with Crippen molar-refractivity contribution >= 4 is 45.7 Å². The molecule has 0 unspecified atom stereocenters. The Morgan fingerprint density at radius 1 is 1.00 bits per heavy atom. The van der Waals surface area contributed by atoms with Crippen LogP contribution in [0.1, 0.15) is 0 Å². The van der Waals surface area contributed by atoms with Crippen LogP contribution in [-0.4, -0.2) is 26.6 Å². The van der Waals surface area contributed by atoms with Crippen LogP contribution in [-0.2, 0) is 0 Å². The summed E-state index contributed by atoms with van der Waals surface area (Å²) in [5.74, 6) is 1.31. The minimum absolute atomic E-state index is 0.473. The van der Waals surface area contributed by atoms with E-state index in [-0.39, 0.29) is 0 Å². The molecule has 0 radical (unpaired) electrons. The summed E-state index contributed by atoms with van der Waals surface area (Å²) in [6.07, 6.45) is 0. The van der Waals surface area contributed by atoms with Crippen molar-refractivity contribution in [3.63, 3.8) is 0 Å². The predicted molar refractivity (Wildman–Crippen MR) is 93.3 cm³/mol. The molecule has 0 aliphatic rings. The molecule has 0 bridgehead atoms. The summed E-state index contributed by atoms with van der Waals surface area (Å²) in [7, 11) is 1.81. The van der Waals surface area contributed by atoms with Gasteiger partial charge in [-0.3, -0.25) is 0 Å². The van der Waals surface area contributed by atoms with E-state index in [4.69, 9.17) is 23.2 Å². The summed E-state index contributed by atoms with van der Waals surface area (Å²) in [5.41, 5.74) is 2.42. The van der Waals surface area contributed by atoms with Gasteiger partial charge in [0.15, 0.2) is 11.5 Å². The van der Waals surface area contributed by atoms with Gasteiger partial charge in [-0.05, 0) is 30.3 Å². The fraction of sp³-hybridized carbons (Fsp3) is 0.0625. The number of fused-ring (bicyclic) bond motifs is 3. The second-order valence-corrected chi connectivity index (χ2v) is 5.83. The van der Waals surface area contributed by atoms with Crippen molar-refractivity contribution in [2.75, 3.05) is 12.4 Å². The Morgan fingerprint density at radius 3 is 2.61 bits per heavy atom. The number of halogens is 2. The lowest BCUT2D eigenvalue weighted by Gasteiger charge is -2.09. The molecule has 0 spiro atoms. The Hall–Kier alpha value is -2.37. The van der Waals surface area contributed by atoms with Crippen molar-refractivity contribution in [1.29, 1.82) is 0 Å². The molecule has 5 nitrogen and oxygen atoms in total. The summed E-state index contributed by atoms with van der Waals surface area (Å²) >= 11 is 12.1. The molecule has 4 aromatic rings. The molecule has 7 heteroatoms. The highest BCUT2D eigenvalue weighted by molar-refractivity contribution is 6.42. The number of nitrogens with one attached hydrogen (secondary N) is 1. The third-order valence-corrected chi connectivity index (χ3v) is 4.39. The van der Waals surface area contributed by atoms with E-state index in [1.807, 2.05) is 41.8 Å². The van der Waals surface area contributed by atoms with Gasteiger partial charge >= 0.3 is 0 Å². The molecular weight excluding hydrogens is 333 g/mol. The van der Waals surface area contributed by atoms with Crippen LogP contribution in [0, 0.1) is 0 Å². The van der Waals surface area contributed by atoms with Gasteiger partial charge in [0.1, 0.15) is 0 Å². The van der Waals surface area contributed by atoms with Gasteiger partial charge in [0.05, 0.1) is 15.6 Å². The average molecular weight is 344 g/mol. The van der Waals surface area contributed by atoms with Gasteiger partial charge in [0, 0.05) is 18.0 Å². The molecule has 0 saturated heterocycles. The maximum absolute atomic E-state index is 6.13. The minimum Gasteiger partial charge on any atom is -0.358 e. The summed E-state index contributed by atoms with van der Waals surface area (Å²) in [6, 6.07) is 13.2. The van der Waals surface area contributed by atoms with Gasteiger partial charge in [0.2, 0.25) is 5.95 Å². The lowest BCUT2D eigenvalue weighted by molar-refractivity contribution is 1.09. The Labute approximate surface area is 141 Å². The highest BCUT2D eigenvalue weighted by atomic mass is 35.5. The lowest BCUT2D eigenvalue weighted by Crippen LogP contribution is -2.03. The SMILES string of the molecule is CNc1nc2ccccc2c2nnc(-c3ccc(Cl)c(Cl)c3)n12. The molecule has 1 N–H and O–H groups in total. The summed E-state index contributed by atoms with van der Waals surface area (Å²) < 4.78 is 1.88. The van der Waals surface area contributed by atoms with Crippen molar-refractivity contribution in [3.8, 4) is 11.4 Å². The highest BCUT2D eigenvalue weighted by Gasteiger charge is 2.16. The van der Waals surface area contributed by atoms with Crippen molar-refractivity contribution in [3.05, 3.63) is 52.5 Å². The van der Waals surface area contributed by atoms with Crippen LogP contribution in [0.4, 0.5) is 5.95 Å². The molecule has 114 valence electrons. The molecule has 0 amide bonds. The van der Waals surface area contributed by atoms with E-state index >= 15 is 0 Å². The van der Waals surface area contributed by atoms with Gasteiger partial charge in [-0.15, -0.1) is 10.2 Å². The Morgan fingerprint density at radius 2 is 1.83 bits per heavy atom. The summed E-state index contributed by atoms with van der Waals surface area (Å²) in [5, 5.41) is 13.7. The van der Waals surface area contributed by atoms with Crippen LogP contribution in [0.3, 0.4) is 0 Å². The van der Waals surface area contributed by atoms with E-state index in [2.05, 4.69) is 20.5 Å². The van der Waals surface area contributed by atoms with Crippen molar-refractivity contribution in [2.24, 2.45) is 0 Å². The molecule has 0 aliphatic heterocycles. The van der Waals surface area contributed by atoms with E-state index in [1.165, 1.54) is 0 Å². The van der Waals surface area contributed by atoms with Crippen LogP contribution < -0.4 is 5.32 Å². The molecule has 0 saturated carbocycles. The molecule has 2 aromatic carbocycles. The molecule has 4 rings (SSSR count). The van der Waals surface area contributed by atoms with Crippen molar-refractivity contribution in [2.45, 2.75) is 0 Å². The van der Waals surface area contributed by atoms with Gasteiger partial charge in [0.25, 0.3) is 0 Å². The van der Waals surface area contributed by atoms with Gasteiger partial charge in [-0.2, -0.15) is 0 Å². The molecule has 23 heavy (non-hydrogen) atoms. The topological polar surface area (TPSA) is 55.1 Å². The number of aromatic nitrogens is 4. The number of benzene rings is 2. The van der Waals surface area contributed by atoms with Crippen molar-refractivity contribution in [1.82, 2.24) is 19.6 Å². The molecule has 2 heterocycles. The predicted octanol–water partition coefficient (Wildman–Crippen LogP) is 4.29. The standard InChI is InChI=1S/C16H11Cl2N5/c1-19-16-20-13-5-3-2-4-10(13)15-22-21-14(23(15)16)9-6-7-11(17)12(18)8-9/h2-8H,1H3,(H,19,20). The third kappa shape index (κ3) is 2.20. The number of hydrogen-bond acceptors (Lipinski definition) is 4. The Balaban J connectivity index is 2.08. The number of nitrogens with zero attached hydrogens (tertiary/aromatic N) is 4. The Bertz CT molecular complexity index is 1040. The zero-order valence-corrected chi connectivity index (χ0v) is 13.6. The largest absolute Gasteiger partial charge is 0.358 e. The lowest BCUT2D eigenvalue weighted by atomic mass is 10.2. The summed E-state index contributed by atoms with van der Waals surface area (Å²) in [6.45, 7) is 0. The number of anilines is 1. The maximum Gasteiger partial charge on any atom is 0.210 e. The number of hydrogen-bond donors (Lipinski definition) is 1. The van der Waals surface area contributed by atoms with Crippen LogP contribution in [0.5, 0.6) is 0 Å². The van der Waals surface area contributed by atoms with Gasteiger partial charge < -0.3 is 5.32 Å². The fourth-order valence-electron chi connectivity index (χ4n) is 2.57. The quantitative estimate of drug-likeness (QED) is 0.589. The highest BCUT2D eigenvalue weighted by Crippen LogP contribution is 2.30. The average Bonchev–Trinajstić information content (AvgIpc) is 3.02.